The maximum atomic E-state index is 5.98. The van der Waals surface area contributed by atoms with Crippen molar-refractivity contribution in [1.82, 2.24) is 20.2 Å². The number of nitrogens with zero attached hydrogens (tertiary/aromatic N) is 3. The van der Waals surface area contributed by atoms with Gasteiger partial charge in [0, 0.05) is 40.3 Å². The molecule has 134 valence electrons. The third-order valence-electron chi connectivity index (χ3n) is 4.02. The summed E-state index contributed by atoms with van der Waals surface area (Å²) in [7, 11) is 1.63. The van der Waals surface area contributed by atoms with Crippen molar-refractivity contribution < 1.29 is 4.74 Å². The molecule has 2 N–H and O–H groups in total. The van der Waals surface area contributed by atoms with Crippen molar-refractivity contribution in [2.45, 2.75) is 0 Å². The van der Waals surface area contributed by atoms with Crippen LogP contribution in [0.1, 0.15) is 0 Å². The first kappa shape index (κ1) is 17.1. The Bertz CT molecular complexity index is 1060. The Morgan fingerprint density at radius 3 is 2.74 bits per heavy atom. The maximum absolute atomic E-state index is 5.98. The Kier molecular flexibility index (Phi) is 4.72. The number of anilines is 2. The van der Waals surface area contributed by atoms with Gasteiger partial charge in [0.2, 0.25) is 5.95 Å². The number of rotatable bonds is 5. The van der Waals surface area contributed by atoms with Crippen LogP contribution in [0.15, 0.2) is 67.0 Å². The zero-order valence-corrected chi connectivity index (χ0v) is 15.2. The molecule has 2 aromatic heterocycles. The van der Waals surface area contributed by atoms with Crippen molar-refractivity contribution in [2.75, 3.05) is 12.4 Å². The zero-order valence-electron chi connectivity index (χ0n) is 14.5. The van der Waals surface area contributed by atoms with Crippen LogP contribution in [-0.4, -0.2) is 27.3 Å². The predicted molar refractivity (Wildman–Crippen MR) is 106 cm³/mol. The minimum absolute atomic E-state index is 0.490. The molecule has 0 spiro atoms. The van der Waals surface area contributed by atoms with E-state index < -0.39 is 0 Å². The molecule has 0 bridgehead atoms. The smallest absolute Gasteiger partial charge is 0.227 e. The van der Waals surface area contributed by atoms with Gasteiger partial charge in [0.1, 0.15) is 11.4 Å². The van der Waals surface area contributed by atoms with Gasteiger partial charge in [-0.2, -0.15) is 5.10 Å². The van der Waals surface area contributed by atoms with Crippen LogP contribution in [0.4, 0.5) is 11.6 Å². The van der Waals surface area contributed by atoms with Gasteiger partial charge < -0.3 is 10.1 Å². The molecule has 0 aliphatic rings. The quantitative estimate of drug-likeness (QED) is 0.515. The second-order valence-corrected chi connectivity index (χ2v) is 6.21. The van der Waals surface area contributed by atoms with Gasteiger partial charge in [0.25, 0.3) is 0 Å². The fraction of sp³-hybridized carbons (Fsp3) is 0.0500. The van der Waals surface area contributed by atoms with Crippen molar-refractivity contribution in [3.8, 4) is 28.3 Å². The molecule has 0 unspecified atom stereocenters. The standard InChI is InChI=1S/C20H16ClN5O/c1-27-16-4-2-3-15(11-16)24-20-22-10-9-18(25-20)17-12-23-26-19(17)13-5-7-14(21)8-6-13/h2-12H,1H3,(H,23,26)(H,22,24,25). The number of benzene rings is 2. The second kappa shape index (κ2) is 7.47. The lowest BCUT2D eigenvalue weighted by atomic mass is 10.1. The van der Waals surface area contributed by atoms with Gasteiger partial charge in [0.05, 0.1) is 12.8 Å². The van der Waals surface area contributed by atoms with Crippen LogP contribution in [0.2, 0.25) is 5.02 Å². The van der Waals surface area contributed by atoms with Gasteiger partial charge in [-0.3, -0.25) is 5.10 Å². The predicted octanol–water partition coefficient (Wildman–Crippen LogP) is 4.94. The van der Waals surface area contributed by atoms with Crippen molar-refractivity contribution in [3.63, 3.8) is 0 Å². The van der Waals surface area contributed by atoms with E-state index in [0.717, 1.165) is 34.0 Å². The fourth-order valence-corrected chi connectivity index (χ4v) is 2.84. The number of aromatic amines is 1. The summed E-state index contributed by atoms with van der Waals surface area (Å²) >= 11 is 5.98. The van der Waals surface area contributed by atoms with Crippen LogP contribution >= 0.6 is 11.6 Å². The average Bonchev–Trinajstić information content (AvgIpc) is 3.19. The van der Waals surface area contributed by atoms with Crippen LogP contribution in [0.25, 0.3) is 22.5 Å². The summed E-state index contributed by atoms with van der Waals surface area (Å²) in [5.74, 6) is 1.25. The number of aromatic nitrogens is 4. The van der Waals surface area contributed by atoms with E-state index in [1.54, 1.807) is 13.3 Å². The number of methoxy groups -OCH3 is 1. The summed E-state index contributed by atoms with van der Waals surface area (Å²) < 4.78 is 5.25. The number of H-pyrrole nitrogens is 1. The van der Waals surface area contributed by atoms with E-state index in [0.29, 0.717) is 11.0 Å². The van der Waals surface area contributed by atoms with Gasteiger partial charge in [-0.05, 0) is 30.3 Å². The number of hydrogen-bond acceptors (Lipinski definition) is 5. The number of hydrogen-bond donors (Lipinski definition) is 2. The average molecular weight is 378 g/mol. The molecule has 2 heterocycles. The Labute approximate surface area is 161 Å². The SMILES string of the molecule is COc1cccc(Nc2nccc(-c3c[nH]nc3-c3ccc(Cl)cc3)n2)c1. The molecular weight excluding hydrogens is 362 g/mol. The molecule has 0 atom stereocenters. The third kappa shape index (κ3) is 3.75. The normalized spacial score (nSPS) is 10.6. The van der Waals surface area contributed by atoms with E-state index in [4.69, 9.17) is 16.3 Å². The Morgan fingerprint density at radius 2 is 1.93 bits per heavy atom. The fourth-order valence-electron chi connectivity index (χ4n) is 2.71. The topological polar surface area (TPSA) is 75.7 Å². The molecule has 0 aliphatic heterocycles. The van der Waals surface area contributed by atoms with Gasteiger partial charge >= 0.3 is 0 Å². The molecule has 7 heteroatoms. The van der Waals surface area contributed by atoms with Gasteiger partial charge in [-0.25, -0.2) is 9.97 Å². The summed E-state index contributed by atoms with van der Waals surface area (Å²) in [5, 5.41) is 11.2. The Balaban J connectivity index is 1.65. The molecule has 0 radical (unpaired) electrons. The molecule has 0 saturated heterocycles. The first-order valence-corrected chi connectivity index (χ1v) is 8.65. The zero-order chi connectivity index (χ0) is 18.6. The summed E-state index contributed by atoms with van der Waals surface area (Å²) in [4.78, 5) is 8.92. The van der Waals surface area contributed by atoms with E-state index in [9.17, 15) is 0 Å². The lowest BCUT2D eigenvalue weighted by Gasteiger charge is -2.08. The van der Waals surface area contributed by atoms with Crippen LogP contribution in [-0.2, 0) is 0 Å². The van der Waals surface area contributed by atoms with Crippen LogP contribution < -0.4 is 10.1 Å². The van der Waals surface area contributed by atoms with E-state index >= 15 is 0 Å². The summed E-state index contributed by atoms with van der Waals surface area (Å²) in [6.45, 7) is 0. The molecule has 0 fully saturated rings. The monoisotopic (exact) mass is 377 g/mol. The summed E-state index contributed by atoms with van der Waals surface area (Å²) in [5.41, 5.74) is 4.24. The molecular formula is C20H16ClN5O. The second-order valence-electron chi connectivity index (χ2n) is 5.78. The minimum atomic E-state index is 0.490. The molecule has 6 nitrogen and oxygen atoms in total. The Hall–Kier alpha value is -3.38. The van der Waals surface area contributed by atoms with Crippen LogP contribution in [0, 0.1) is 0 Å². The van der Waals surface area contributed by atoms with Crippen molar-refractivity contribution in [1.29, 1.82) is 0 Å². The molecule has 0 saturated carbocycles. The largest absolute Gasteiger partial charge is 0.497 e. The van der Waals surface area contributed by atoms with E-state index in [2.05, 4.69) is 25.5 Å². The highest BCUT2D eigenvalue weighted by Gasteiger charge is 2.13. The van der Waals surface area contributed by atoms with Crippen molar-refractivity contribution in [2.24, 2.45) is 0 Å². The van der Waals surface area contributed by atoms with Crippen LogP contribution in [0.5, 0.6) is 5.75 Å². The minimum Gasteiger partial charge on any atom is -0.497 e. The van der Waals surface area contributed by atoms with Gasteiger partial charge in [-0.15, -0.1) is 0 Å². The lowest BCUT2D eigenvalue weighted by Crippen LogP contribution is -1.98. The van der Waals surface area contributed by atoms with E-state index in [1.807, 2.05) is 60.8 Å². The number of halogens is 1. The highest BCUT2D eigenvalue weighted by molar-refractivity contribution is 6.30. The van der Waals surface area contributed by atoms with Crippen molar-refractivity contribution >= 4 is 23.2 Å². The first-order chi connectivity index (χ1) is 13.2. The van der Waals surface area contributed by atoms with Gasteiger partial charge in [0.15, 0.2) is 0 Å². The lowest BCUT2D eigenvalue weighted by molar-refractivity contribution is 0.415. The molecule has 4 rings (SSSR count). The number of nitrogens with one attached hydrogen (secondary N) is 2. The number of ether oxygens (including phenoxy) is 1. The van der Waals surface area contributed by atoms with E-state index in [1.165, 1.54) is 0 Å². The molecule has 27 heavy (non-hydrogen) atoms. The summed E-state index contributed by atoms with van der Waals surface area (Å²) in [6, 6.07) is 17.0. The summed E-state index contributed by atoms with van der Waals surface area (Å²) in [6.07, 6.45) is 3.53. The van der Waals surface area contributed by atoms with Gasteiger partial charge in [-0.1, -0.05) is 29.8 Å². The Morgan fingerprint density at radius 1 is 1.07 bits per heavy atom. The maximum Gasteiger partial charge on any atom is 0.227 e. The molecule has 4 aromatic rings. The molecule has 2 aromatic carbocycles. The molecule has 0 amide bonds. The van der Waals surface area contributed by atoms with E-state index in [-0.39, 0.29) is 0 Å². The molecule has 0 aliphatic carbocycles. The third-order valence-corrected chi connectivity index (χ3v) is 4.27. The van der Waals surface area contributed by atoms with Crippen molar-refractivity contribution in [3.05, 3.63) is 72.0 Å². The van der Waals surface area contributed by atoms with Crippen LogP contribution in [0.3, 0.4) is 0 Å². The highest BCUT2D eigenvalue weighted by Crippen LogP contribution is 2.30. The first-order valence-electron chi connectivity index (χ1n) is 8.27. The highest BCUT2D eigenvalue weighted by atomic mass is 35.5.